The van der Waals surface area contributed by atoms with Gasteiger partial charge in [-0.2, -0.15) is 0 Å². The zero-order chi connectivity index (χ0) is 24.4. The Morgan fingerprint density at radius 3 is 2.65 bits per heavy atom. The van der Waals surface area contributed by atoms with Crippen LogP contribution < -0.4 is 5.32 Å². The molecule has 0 saturated carbocycles. The van der Waals surface area contributed by atoms with E-state index in [1.807, 2.05) is 47.6 Å². The van der Waals surface area contributed by atoms with Crippen LogP contribution in [0.4, 0.5) is 0 Å². The summed E-state index contributed by atoms with van der Waals surface area (Å²) in [4.78, 5) is 30.0. The Labute approximate surface area is 203 Å². The molecule has 0 aliphatic carbocycles. The molecule has 176 valence electrons. The number of nitrogens with one attached hydrogen (secondary N) is 1. The molecule has 9 heteroatoms. The van der Waals surface area contributed by atoms with Gasteiger partial charge >= 0.3 is 11.9 Å². The van der Waals surface area contributed by atoms with Gasteiger partial charge in [-0.25, -0.2) is 4.79 Å². The molecule has 8 nitrogen and oxygen atoms in total. The molecule has 0 radical (unpaired) electrons. The average molecular weight is 479 g/mol. The number of carbonyl (C=O) groups excluding carboxylic acids is 1. The number of methoxy groups -OCH3 is 1. The van der Waals surface area contributed by atoms with Crippen molar-refractivity contribution in [2.75, 3.05) is 13.7 Å². The molecule has 2 atom stereocenters. The molecule has 0 spiro atoms. The minimum Gasteiger partial charge on any atom is -0.478 e. The number of esters is 1. The zero-order valence-corrected chi connectivity index (χ0v) is 20.0. The Bertz CT molecular complexity index is 1240. The van der Waals surface area contributed by atoms with E-state index in [1.54, 1.807) is 24.4 Å². The van der Waals surface area contributed by atoms with Gasteiger partial charge in [-0.05, 0) is 68.0 Å². The lowest BCUT2D eigenvalue weighted by Gasteiger charge is -2.28. The first-order valence-corrected chi connectivity index (χ1v) is 11.3. The first kappa shape index (κ1) is 23.4. The predicted molar refractivity (Wildman–Crippen MR) is 131 cm³/mol. The van der Waals surface area contributed by atoms with E-state index in [1.165, 1.54) is 7.11 Å². The summed E-state index contributed by atoms with van der Waals surface area (Å²) >= 11 is 5.67. The smallest absolute Gasteiger partial charge is 0.335 e. The van der Waals surface area contributed by atoms with Crippen LogP contribution in [-0.4, -0.2) is 50.3 Å². The lowest BCUT2D eigenvalue weighted by Crippen LogP contribution is -2.32. The van der Waals surface area contributed by atoms with Gasteiger partial charge in [0.2, 0.25) is 0 Å². The van der Waals surface area contributed by atoms with Crippen molar-refractivity contribution in [3.05, 3.63) is 82.9 Å². The summed E-state index contributed by atoms with van der Waals surface area (Å²) in [5.74, 6) is -1.28. The number of ether oxygens (including phenoxy) is 1. The number of carboxylic acid groups (broad SMARTS) is 1. The Kier molecular flexibility index (Phi) is 6.65. The van der Waals surface area contributed by atoms with Crippen LogP contribution in [0.5, 0.6) is 0 Å². The normalized spacial score (nSPS) is 17.5. The van der Waals surface area contributed by atoms with Gasteiger partial charge in [-0.1, -0.05) is 12.1 Å². The van der Waals surface area contributed by atoms with E-state index in [0.717, 1.165) is 28.3 Å². The van der Waals surface area contributed by atoms with Crippen LogP contribution >= 0.6 is 12.2 Å². The van der Waals surface area contributed by atoms with Gasteiger partial charge in [0.25, 0.3) is 0 Å². The summed E-state index contributed by atoms with van der Waals surface area (Å²) in [6, 6.07) is 14.3. The molecule has 3 aromatic rings. The highest BCUT2D eigenvalue weighted by Crippen LogP contribution is 2.41. The third kappa shape index (κ3) is 4.38. The van der Waals surface area contributed by atoms with Crippen LogP contribution in [0.1, 0.15) is 51.5 Å². The molecule has 4 rings (SSSR count). The van der Waals surface area contributed by atoms with E-state index >= 15 is 0 Å². The molecule has 1 fully saturated rings. The standard InChI is InChI=1S/C25H26N4O4S/c1-15-13-19(16(2)29(15)18-8-6-7-17(14-18)24(31)32)23-22(20-9-4-5-11-26-20)27-25(34)28(23)12-10-21(30)33-3/h4-9,11,13-14,22-23H,10,12H2,1-3H3,(H,27,34)(H,31,32)/t22-,23+/m0/s1. The maximum atomic E-state index is 11.9. The molecular formula is C25H26N4O4S. The molecule has 1 aliphatic heterocycles. The molecule has 0 amide bonds. The molecule has 2 N–H and O–H groups in total. The van der Waals surface area contributed by atoms with Crippen LogP contribution in [0.25, 0.3) is 5.69 Å². The molecular weight excluding hydrogens is 452 g/mol. The van der Waals surface area contributed by atoms with Crippen molar-refractivity contribution in [2.45, 2.75) is 32.4 Å². The average Bonchev–Trinajstić information content (AvgIpc) is 3.32. The van der Waals surface area contributed by atoms with E-state index in [0.29, 0.717) is 11.7 Å². The van der Waals surface area contributed by atoms with Gasteiger partial charge in [0, 0.05) is 29.8 Å². The van der Waals surface area contributed by atoms with E-state index in [4.69, 9.17) is 17.0 Å². The number of benzene rings is 1. The molecule has 0 bridgehead atoms. The van der Waals surface area contributed by atoms with E-state index in [2.05, 4.69) is 16.4 Å². The summed E-state index contributed by atoms with van der Waals surface area (Å²) < 4.78 is 6.88. The lowest BCUT2D eigenvalue weighted by atomic mass is 9.96. The van der Waals surface area contributed by atoms with Crippen molar-refractivity contribution in [2.24, 2.45) is 0 Å². The highest BCUT2D eigenvalue weighted by molar-refractivity contribution is 7.80. The second-order valence-electron chi connectivity index (χ2n) is 8.16. The van der Waals surface area contributed by atoms with E-state index in [-0.39, 0.29) is 30.0 Å². The van der Waals surface area contributed by atoms with Crippen LogP contribution in [0.3, 0.4) is 0 Å². The Morgan fingerprint density at radius 2 is 1.97 bits per heavy atom. The number of aromatic carboxylic acids is 1. The first-order valence-electron chi connectivity index (χ1n) is 10.9. The maximum absolute atomic E-state index is 11.9. The maximum Gasteiger partial charge on any atom is 0.335 e. The van der Waals surface area contributed by atoms with Crippen molar-refractivity contribution >= 4 is 29.3 Å². The van der Waals surface area contributed by atoms with Gasteiger partial charge in [0.1, 0.15) is 0 Å². The minimum atomic E-state index is -0.973. The number of aromatic nitrogens is 2. The molecule has 2 aromatic heterocycles. The third-order valence-electron chi connectivity index (χ3n) is 6.12. The summed E-state index contributed by atoms with van der Waals surface area (Å²) in [6.45, 7) is 4.38. The van der Waals surface area contributed by atoms with Crippen LogP contribution in [0.15, 0.2) is 54.7 Å². The number of carbonyl (C=O) groups is 2. The third-order valence-corrected chi connectivity index (χ3v) is 6.47. The summed E-state index contributed by atoms with van der Waals surface area (Å²) in [7, 11) is 1.37. The fourth-order valence-electron chi connectivity index (χ4n) is 4.56. The Hall–Kier alpha value is -3.72. The van der Waals surface area contributed by atoms with Crippen LogP contribution in [0, 0.1) is 13.8 Å². The van der Waals surface area contributed by atoms with Crippen molar-refractivity contribution in [1.82, 2.24) is 19.8 Å². The first-order chi connectivity index (χ1) is 16.3. The van der Waals surface area contributed by atoms with Crippen LogP contribution in [0.2, 0.25) is 0 Å². The lowest BCUT2D eigenvalue weighted by molar-refractivity contribution is -0.140. The quantitative estimate of drug-likeness (QED) is 0.392. The highest BCUT2D eigenvalue weighted by Gasteiger charge is 2.41. The summed E-state index contributed by atoms with van der Waals surface area (Å²) in [6.07, 6.45) is 1.94. The number of hydrogen-bond donors (Lipinski definition) is 2. The Balaban J connectivity index is 1.80. The van der Waals surface area contributed by atoms with Crippen molar-refractivity contribution in [3.63, 3.8) is 0 Å². The fraction of sp³-hybridized carbons (Fsp3) is 0.280. The topological polar surface area (TPSA) is 96.7 Å². The fourth-order valence-corrected chi connectivity index (χ4v) is 4.89. The SMILES string of the molecule is COC(=O)CCN1C(=S)N[C@@H](c2ccccn2)[C@H]1c1cc(C)n(-c2cccc(C(=O)O)c2)c1C. The van der Waals surface area contributed by atoms with Gasteiger partial charge in [0.15, 0.2) is 5.11 Å². The highest BCUT2D eigenvalue weighted by atomic mass is 32.1. The predicted octanol–water partition coefficient (Wildman–Crippen LogP) is 3.72. The number of carboxylic acids is 1. The number of nitrogens with zero attached hydrogens (tertiary/aromatic N) is 3. The van der Waals surface area contributed by atoms with Gasteiger partial charge in [-0.15, -0.1) is 0 Å². The number of aryl methyl sites for hydroxylation is 1. The van der Waals surface area contributed by atoms with E-state index in [9.17, 15) is 14.7 Å². The van der Waals surface area contributed by atoms with Gasteiger partial charge < -0.3 is 24.6 Å². The number of pyridine rings is 1. The van der Waals surface area contributed by atoms with Crippen molar-refractivity contribution in [1.29, 1.82) is 0 Å². The van der Waals surface area contributed by atoms with Crippen molar-refractivity contribution in [3.8, 4) is 5.69 Å². The van der Waals surface area contributed by atoms with Gasteiger partial charge in [-0.3, -0.25) is 9.78 Å². The Morgan fingerprint density at radius 1 is 1.18 bits per heavy atom. The monoisotopic (exact) mass is 478 g/mol. The number of thiocarbonyl (C=S) groups is 1. The summed E-state index contributed by atoms with van der Waals surface area (Å²) in [5, 5.41) is 13.4. The molecule has 1 aromatic carbocycles. The molecule has 3 heterocycles. The number of hydrogen-bond acceptors (Lipinski definition) is 5. The van der Waals surface area contributed by atoms with Crippen LogP contribution in [-0.2, 0) is 9.53 Å². The second-order valence-corrected chi connectivity index (χ2v) is 8.55. The van der Waals surface area contributed by atoms with E-state index < -0.39 is 5.97 Å². The molecule has 1 saturated heterocycles. The van der Waals surface area contributed by atoms with Crippen molar-refractivity contribution < 1.29 is 19.4 Å². The van der Waals surface area contributed by atoms with Gasteiger partial charge in [0.05, 0.1) is 36.9 Å². The zero-order valence-electron chi connectivity index (χ0n) is 19.2. The molecule has 0 unspecified atom stereocenters. The molecule has 1 aliphatic rings. The summed E-state index contributed by atoms with van der Waals surface area (Å²) in [5.41, 5.74) is 4.77. The minimum absolute atomic E-state index is 0.198. The largest absolute Gasteiger partial charge is 0.478 e. The second kappa shape index (κ2) is 9.64. The number of rotatable bonds is 7. The molecule has 34 heavy (non-hydrogen) atoms.